The van der Waals surface area contributed by atoms with Gasteiger partial charge in [-0.15, -0.1) is 15.3 Å². The molecular weight excluding hydrogens is 526 g/mol. The van der Waals surface area contributed by atoms with Gasteiger partial charge >= 0.3 is 6.09 Å². The van der Waals surface area contributed by atoms with Crippen LogP contribution in [0, 0.1) is 6.92 Å². The lowest BCUT2D eigenvalue weighted by Gasteiger charge is -2.40. The summed E-state index contributed by atoms with van der Waals surface area (Å²) in [4.78, 5) is 28.6. The zero-order valence-corrected chi connectivity index (χ0v) is 23.0. The lowest BCUT2D eigenvalue weighted by molar-refractivity contribution is -0.126. The van der Waals surface area contributed by atoms with Crippen LogP contribution < -0.4 is 15.0 Å². The molecule has 1 aliphatic heterocycles. The molecule has 1 saturated heterocycles. The van der Waals surface area contributed by atoms with Gasteiger partial charge in [0.1, 0.15) is 23.9 Å². The van der Waals surface area contributed by atoms with E-state index in [4.69, 9.17) is 9.47 Å². The summed E-state index contributed by atoms with van der Waals surface area (Å²) in [7, 11) is 1.52. The van der Waals surface area contributed by atoms with Crippen molar-refractivity contribution in [2.24, 2.45) is 0 Å². The van der Waals surface area contributed by atoms with Crippen molar-refractivity contribution in [1.82, 2.24) is 35.4 Å². The number of carbonyl (C=O) groups excluding carboxylic acids is 2. The second-order valence-corrected chi connectivity index (χ2v) is 10.2. The summed E-state index contributed by atoms with van der Waals surface area (Å²) < 4.78 is 38.6. The first kappa shape index (κ1) is 28.6. The Labute approximate surface area is 230 Å². The summed E-state index contributed by atoms with van der Waals surface area (Å²) in [5.41, 5.74) is 1.05. The summed E-state index contributed by atoms with van der Waals surface area (Å²) in [5.74, 6) is 0.458. The molecule has 0 unspecified atom stereocenters. The maximum atomic E-state index is 12.9. The van der Waals surface area contributed by atoms with Crippen molar-refractivity contribution in [3.8, 4) is 11.6 Å². The van der Waals surface area contributed by atoms with E-state index >= 15 is 0 Å². The van der Waals surface area contributed by atoms with Crippen molar-refractivity contribution in [2.75, 3.05) is 31.6 Å². The molecular formula is C26H32F2N8O4. The molecule has 0 saturated carbocycles. The SMILES string of the molecule is CNC(=O)[C@@H]1CN(c2ccc(OCc3c(C)nnn3-c3ccc(C(F)F)cc3)nn2)CCN1C(=O)OC(C)(C)C. The average molecular weight is 559 g/mol. The number of hydrogen-bond donors (Lipinski definition) is 1. The van der Waals surface area contributed by atoms with Crippen LogP contribution in [0.5, 0.6) is 5.88 Å². The first-order valence-corrected chi connectivity index (χ1v) is 12.7. The summed E-state index contributed by atoms with van der Waals surface area (Å²) in [6, 6.07) is 8.37. The number of anilines is 1. The number of nitrogens with zero attached hydrogens (tertiary/aromatic N) is 7. The summed E-state index contributed by atoms with van der Waals surface area (Å²) in [6.45, 7) is 8.05. The van der Waals surface area contributed by atoms with E-state index in [1.54, 1.807) is 52.0 Å². The fraction of sp³-hybridized carbons (Fsp3) is 0.462. The number of likely N-dealkylation sites (N-methyl/N-ethyl adjacent to an activating group) is 1. The van der Waals surface area contributed by atoms with Crippen molar-refractivity contribution in [3.05, 3.63) is 53.3 Å². The Morgan fingerprint density at radius 2 is 1.80 bits per heavy atom. The van der Waals surface area contributed by atoms with Gasteiger partial charge in [-0.2, -0.15) is 0 Å². The number of carbonyl (C=O) groups is 2. The highest BCUT2D eigenvalue weighted by Crippen LogP contribution is 2.23. The van der Waals surface area contributed by atoms with Crippen LogP contribution in [0.15, 0.2) is 36.4 Å². The topological polar surface area (TPSA) is 128 Å². The minimum absolute atomic E-state index is 0.0662. The predicted molar refractivity (Wildman–Crippen MR) is 140 cm³/mol. The number of amides is 2. The highest BCUT2D eigenvalue weighted by molar-refractivity contribution is 5.86. The number of ether oxygens (including phenoxy) is 2. The number of aromatic nitrogens is 5. The minimum Gasteiger partial charge on any atom is -0.470 e. The van der Waals surface area contributed by atoms with Gasteiger partial charge in [-0.25, -0.2) is 18.3 Å². The van der Waals surface area contributed by atoms with E-state index in [0.717, 1.165) is 0 Å². The Kier molecular flexibility index (Phi) is 8.45. The zero-order chi connectivity index (χ0) is 29.0. The molecule has 0 spiro atoms. The van der Waals surface area contributed by atoms with Gasteiger partial charge in [0.05, 0.1) is 11.4 Å². The minimum atomic E-state index is -2.56. The van der Waals surface area contributed by atoms with Crippen LogP contribution in [0.4, 0.5) is 19.4 Å². The van der Waals surface area contributed by atoms with E-state index in [2.05, 4.69) is 25.8 Å². The quantitative estimate of drug-likeness (QED) is 0.465. The maximum absolute atomic E-state index is 12.9. The van der Waals surface area contributed by atoms with Gasteiger partial charge in [0.2, 0.25) is 11.8 Å². The maximum Gasteiger partial charge on any atom is 0.411 e. The molecule has 2 aromatic heterocycles. The first-order valence-electron chi connectivity index (χ1n) is 12.7. The van der Waals surface area contributed by atoms with Crippen molar-refractivity contribution < 1.29 is 27.8 Å². The fourth-order valence-corrected chi connectivity index (χ4v) is 4.13. The number of halogens is 2. The number of benzene rings is 1. The van der Waals surface area contributed by atoms with Crippen LogP contribution in [0.25, 0.3) is 5.69 Å². The molecule has 4 rings (SSSR count). The molecule has 3 heterocycles. The Bertz CT molecular complexity index is 1330. The number of hydrogen-bond acceptors (Lipinski definition) is 9. The number of aryl methyl sites for hydroxylation is 1. The number of rotatable bonds is 7. The van der Waals surface area contributed by atoms with Crippen LogP contribution >= 0.6 is 0 Å². The lowest BCUT2D eigenvalue weighted by atomic mass is 10.1. The molecule has 40 heavy (non-hydrogen) atoms. The van der Waals surface area contributed by atoms with E-state index in [0.29, 0.717) is 29.4 Å². The molecule has 0 bridgehead atoms. The molecule has 0 radical (unpaired) electrons. The standard InChI is InChI=1S/C26H32F2N8O4/c1-16-20(36(33-30-16)18-8-6-17(7-9-18)23(27)28)15-39-22-11-10-21(31-32-22)34-12-13-35(19(14-34)24(37)29-5)25(38)40-26(2,3)4/h6-11,19,23H,12-15H2,1-5H3,(H,29,37)/t19-/m0/s1. The summed E-state index contributed by atoms with van der Waals surface area (Å²) >= 11 is 0. The second-order valence-electron chi connectivity index (χ2n) is 10.2. The van der Waals surface area contributed by atoms with E-state index in [9.17, 15) is 18.4 Å². The van der Waals surface area contributed by atoms with Crippen molar-refractivity contribution in [1.29, 1.82) is 0 Å². The van der Waals surface area contributed by atoms with Crippen molar-refractivity contribution in [3.63, 3.8) is 0 Å². The van der Waals surface area contributed by atoms with Crippen LogP contribution in [-0.4, -0.2) is 80.4 Å². The fourth-order valence-electron chi connectivity index (χ4n) is 4.13. The molecule has 1 N–H and O–H groups in total. The molecule has 2 amide bonds. The van der Waals surface area contributed by atoms with E-state index in [1.165, 1.54) is 28.8 Å². The summed E-state index contributed by atoms with van der Waals surface area (Å²) in [5, 5.41) is 19.2. The van der Waals surface area contributed by atoms with E-state index < -0.39 is 24.2 Å². The van der Waals surface area contributed by atoms with Gasteiger partial charge in [-0.1, -0.05) is 17.3 Å². The average Bonchev–Trinajstić information content (AvgIpc) is 3.30. The smallest absolute Gasteiger partial charge is 0.411 e. The first-order chi connectivity index (χ1) is 19.0. The highest BCUT2D eigenvalue weighted by atomic mass is 19.3. The van der Waals surface area contributed by atoms with Gasteiger partial charge in [0.25, 0.3) is 6.43 Å². The molecule has 1 aromatic carbocycles. The molecule has 214 valence electrons. The largest absolute Gasteiger partial charge is 0.470 e. The van der Waals surface area contributed by atoms with Crippen LogP contribution in [-0.2, 0) is 16.1 Å². The normalized spacial score (nSPS) is 15.8. The molecule has 0 aliphatic carbocycles. The second kappa shape index (κ2) is 11.8. The molecule has 3 aromatic rings. The highest BCUT2D eigenvalue weighted by Gasteiger charge is 2.37. The third kappa shape index (κ3) is 6.61. The van der Waals surface area contributed by atoms with Gasteiger partial charge in [0, 0.05) is 38.3 Å². The van der Waals surface area contributed by atoms with E-state index in [-0.39, 0.29) is 37.0 Å². The Morgan fingerprint density at radius 1 is 1.07 bits per heavy atom. The van der Waals surface area contributed by atoms with Crippen LogP contribution in [0.3, 0.4) is 0 Å². The predicted octanol–water partition coefficient (Wildman–Crippen LogP) is 3.05. The molecule has 1 fully saturated rings. The van der Waals surface area contributed by atoms with Gasteiger partial charge in [-0.05, 0) is 45.9 Å². The monoisotopic (exact) mass is 558 g/mol. The van der Waals surface area contributed by atoms with Gasteiger partial charge < -0.3 is 19.7 Å². The number of nitrogens with one attached hydrogen (secondary N) is 1. The van der Waals surface area contributed by atoms with Crippen molar-refractivity contribution >= 4 is 17.8 Å². The Balaban J connectivity index is 1.42. The zero-order valence-electron chi connectivity index (χ0n) is 23.0. The lowest BCUT2D eigenvalue weighted by Crippen LogP contribution is -2.61. The van der Waals surface area contributed by atoms with Gasteiger partial charge in [-0.3, -0.25) is 9.69 Å². The number of alkyl halides is 2. The van der Waals surface area contributed by atoms with Crippen LogP contribution in [0.2, 0.25) is 0 Å². The molecule has 14 heteroatoms. The molecule has 1 atom stereocenters. The molecule has 1 aliphatic rings. The Hall–Kier alpha value is -4.36. The third-order valence-electron chi connectivity index (χ3n) is 6.21. The third-order valence-corrected chi connectivity index (χ3v) is 6.21. The summed E-state index contributed by atoms with van der Waals surface area (Å²) in [6.07, 6.45) is -3.11. The van der Waals surface area contributed by atoms with Gasteiger partial charge in [0.15, 0.2) is 5.82 Å². The number of piperazine rings is 1. The Morgan fingerprint density at radius 3 is 2.40 bits per heavy atom. The van der Waals surface area contributed by atoms with E-state index in [1.807, 2.05) is 4.90 Å². The van der Waals surface area contributed by atoms with Crippen LogP contribution in [0.1, 0.15) is 44.1 Å². The van der Waals surface area contributed by atoms with Crippen molar-refractivity contribution in [2.45, 2.75) is 52.4 Å². The molecule has 12 nitrogen and oxygen atoms in total.